The molecule has 0 saturated heterocycles. The zero-order valence-corrected chi connectivity index (χ0v) is 24.1. The molecule has 3 aromatic carbocycles. The van der Waals surface area contributed by atoms with E-state index in [0.717, 1.165) is 21.3 Å². The highest BCUT2D eigenvalue weighted by Crippen LogP contribution is 2.30. The van der Waals surface area contributed by atoms with Crippen LogP contribution in [-0.4, -0.2) is 49.1 Å². The van der Waals surface area contributed by atoms with Crippen LogP contribution in [0.4, 0.5) is 10.1 Å². The Kier molecular flexibility index (Phi) is 8.45. The van der Waals surface area contributed by atoms with Crippen molar-refractivity contribution < 1.29 is 18.7 Å². The van der Waals surface area contributed by atoms with Gasteiger partial charge in [-0.3, -0.25) is 24.5 Å². The summed E-state index contributed by atoms with van der Waals surface area (Å²) in [5.74, 6) is -0.746. The number of anilines is 1. The van der Waals surface area contributed by atoms with Crippen LogP contribution >= 0.6 is 0 Å². The van der Waals surface area contributed by atoms with Crippen molar-refractivity contribution in [2.24, 2.45) is 0 Å². The Balaban J connectivity index is 1.37. The summed E-state index contributed by atoms with van der Waals surface area (Å²) in [6, 6.07) is 24.8. The molecule has 2 amide bonds. The van der Waals surface area contributed by atoms with Crippen molar-refractivity contribution in [3.8, 4) is 17.1 Å². The number of aromatic nitrogens is 6. The zero-order chi connectivity index (χ0) is 31.2. The minimum Gasteiger partial charge on any atom is -0.497 e. The normalized spacial score (nSPS) is 11.6. The molecular weight excluding hydrogens is 575 g/mol. The molecule has 45 heavy (non-hydrogen) atoms. The van der Waals surface area contributed by atoms with E-state index in [0.29, 0.717) is 17.0 Å². The Bertz CT molecular complexity index is 1950. The molecule has 12 heteroatoms. The summed E-state index contributed by atoms with van der Waals surface area (Å²) in [5, 5.41) is 15.9. The van der Waals surface area contributed by atoms with Crippen molar-refractivity contribution in [1.82, 2.24) is 35.5 Å². The number of pyridine rings is 2. The van der Waals surface area contributed by atoms with Crippen LogP contribution in [0.3, 0.4) is 0 Å². The summed E-state index contributed by atoms with van der Waals surface area (Å²) in [5.41, 5.74) is 2.63. The third-order valence-electron chi connectivity index (χ3n) is 7.12. The molecular formula is C33H27FN8O3. The SMILES string of the molecule is COc1ccc(CNC(=O)[C@@H](c2ccncc2)N(C(=O)Cn2nnc(-c3ccccc3F)n2)c2cnc3ccccc3c2)cc1. The average molecular weight is 603 g/mol. The highest BCUT2D eigenvalue weighted by Gasteiger charge is 2.34. The fraction of sp³-hybridized carbons (Fsp3) is 0.121. The first kappa shape index (κ1) is 29.1. The lowest BCUT2D eigenvalue weighted by Gasteiger charge is -2.31. The van der Waals surface area contributed by atoms with E-state index in [1.165, 1.54) is 17.0 Å². The van der Waals surface area contributed by atoms with E-state index in [1.807, 2.05) is 36.4 Å². The quantitative estimate of drug-likeness (QED) is 0.242. The lowest BCUT2D eigenvalue weighted by molar-refractivity contribution is -0.127. The lowest BCUT2D eigenvalue weighted by Crippen LogP contribution is -2.45. The molecule has 3 heterocycles. The number of ether oxygens (including phenoxy) is 1. The average Bonchev–Trinajstić information content (AvgIpc) is 3.54. The number of hydrogen-bond donors (Lipinski definition) is 1. The maximum atomic E-state index is 14.4. The van der Waals surface area contributed by atoms with Crippen molar-refractivity contribution in [2.75, 3.05) is 12.0 Å². The fourth-order valence-electron chi connectivity index (χ4n) is 4.88. The number of tetrazole rings is 1. The molecule has 0 aliphatic heterocycles. The van der Waals surface area contributed by atoms with Gasteiger partial charge in [-0.15, -0.1) is 10.2 Å². The number of amides is 2. The number of nitrogens with zero attached hydrogens (tertiary/aromatic N) is 7. The Labute approximate surface area is 257 Å². The van der Waals surface area contributed by atoms with Crippen LogP contribution in [-0.2, 0) is 22.7 Å². The fourth-order valence-corrected chi connectivity index (χ4v) is 4.88. The second kappa shape index (κ2) is 13.1. The van der Waals surface area contributed by atoms with Gasteiger partial charge in [-0.05, 0) is 64.9 Å². The number of benzene rings is 3. The van der Waals surface area contributed by atoms with Gasteiger partial charge >= 0.3 is 0 Å². The van der Waals surface area contributed by atoms with Crippen LogP contribution < -0.4 is 15.0 Å². The van der Waals surface area contributed by atoms with E-state index < -0.39 is 23.7 Å². The van der Waals surface area contributed by atoms with Gasteiger partial charge in [0.25, 0.3) is 5.91 Å². The van der Waals surface area contributed by atoms with Crippen molar-refractivity contribution in [2.45, 2.75) is 19.1 Å². The summed E-state index contributed by atoms with van der Waals surface area (Å²) in [6.07, 6.45) is 4.66. The molecule has 0 aliphatic rings. The number of fused-ring (bicyclic) bond motifs is 1. The molecule has 0 saturated carbocycles. The Morgan fingerprint density at radius 2 is 1.73 bits per heavy atom. The monoisotopic (exact) mass is 602 g/mol. The lowest BCUT2D eigenvalue weighted by atomic mass is 10.0. The molecule has 6 aromatic rings. The second-order valence-electron chi connectivity index (χ2n) is 10.0. The number of hydrogen-bond acceptors (Lipinski definition) is 8. The molecule has 6 rings (SSSR count). The van der Waals surface area contributed by atoms with Crippen LogP contribution in [0.2, 0.25) is 0 Å². The van der Waals surface area contributed by atoms with Gasteiger partial charge in [0.05, 0.1) is 30.1 Å². The molecule has 3 aromatic heterocycles. The Morgan fingerprint density at radius 1 is 0.978 bits per heavy atom. The Morgan fingerprint density at radius 3 is 2.51 bits per heavy atom. The van der Waals surface area contributed by atoms with E-state index in [2.05, 4.69) is 30.7 Å². The van der Waals surface area contributed by atoms with Crippen LogP contribution in [0.5, 0.6) is 5.75 Å². The van der Waals surface area contributed by atoms with E-state index in [4.69, 9.17) is 4.74 Å². The third-order valence-corrected chi connectivity index (χ3v) is 7.12. The molecule has 11 nitrogen and oxygen atoms in total. The summed E-state index contributed by atoms with van der Waals surface area (Å²) in [4.78, 5) is 39.3. The molecule has 1 N–H and O–H groups in total. The summed E-state index contributed by atoms with van der Waals surface area (Å²) >= 11 is 0. The van der Waals surface area contributed by atoms with Gasteiger partial charge in [0.2, 0.25) is 11.7 Å². The first-order chi connectivity index (χ1) is 22.0. The molecule has 0 bridgehead atoms. The Hall–Kier alpha value is -6.04. The first-order valence-electron chi connectivity index (χ1n) is 14.0. The van der Waals surface area contributed by atoms with Crippen molar-refractivity contribution in [3.05, 3.63) is 127 Å². The van der Waals surface area contributed by atoms with Crippen molar-refractivity contribution >= 4 is 28.4 Å². The maximum Gasteiger partial charge on any atom is 0.251 e. The minimum atomic E-state index is -1.11. The van der Waals surface area contributed by atoms with E-state index in [9.17, 15) is 14.0 Å². The predicted octanol–water partition coefficient (Wildman–Crippen LogP) is 4.52. The van der Waals surface area contributed by atoms with Gasteiger partial charge in [0, 0.05) is 24.3 Å². The summed E-state index contributed by atoms with van der Waals surface area (Å²) < 4.78 is 19.6. The second-order valence-corrected chi connectivity index (χ2v) is 10.0. The van der Waals surface area contributed by atoms with Crippen LogP contribution in [0.15, 0.2) is 110 Å². The van der Waals surface area contributed by atoms with Gasteiger partial charge < -0.3 is 10.1 Å². The molecule has 224 valence electrons. The third kappa shape index (κ3) is 6.49. The first-order valence-corrected chi connectivity index (χ1v) is 14.0. The van der Waals surface area contributed by atoms with E-state index in [1.54, 1.807) is 68.2 Å². The van der Waals surface area contributed by atoms with Gasteiger partial charge in [-0.25, -0.2) is 4.39 Å². The minimum absolute atomic E-state index is 0.0303. The summed E-state index contributed by atoms with van der Waals surface area (Å²) in [6.45, 7) is -0.180. The molecule has 1 atom stereocenters. The summed E-state index contributed by atoms with van der Waals surface area (Å²) in [7, 11) is 1.58. The maximum absolute atomic E-state index is 14.4. The largest absolute Gasteiger partial charge is 0.497 e. The van der Waals surface area contributed by atoms with Crippen molar-refractivity contribution in [3.63, 3.8) is 0 Å². The number of methoxy groups -OCH3 is 1. The highest BCUT2D eigenvalue weighted by molar-refractivity contribution is 6.02. The molecule has 0 aliphatic carbocycles. The van der Waals surface area contributed by atoms with Crippen molar-refractivity contribution in [1.29, 1.82) is 0 Å². The van der Waals surface area contributed by atoms with Crippen LogP contribution in [0.1, 0.15) is 17.2 Å². The number of para-hydroxylation sites is 1. The predicted molar refractivity (Wildman–Crippen MR) is 164 cm³/mol. The van der Waals surface area contributed by atoms with E-state index >= 15 is 0 Å². The number of carbonyl (C=O) groups excluding carboxylic acids is 2. The number of carbonyl (C=O) groups is 2. The number of halogens is 1. The topological polar surface area (TPSA) is 128 Å². The zero-order valence-electron chi connectivity index (χ0n) is 24.1. The van der Waals surface area contributed by atoms with Gasteiger partial charge in [-0.2, -0.15) is 4.80 Å². The smallest absolute Gasteiger partial charge is 0.251 e. The van der Waals surface area contributed by atoms with Crippen LogP contribution in [0, 0.1) is 5.82 Å². The molecule has 0 radical (unpaired) electrons. The number of rotatable bonds is 10. The molecule has 0 fully saturated rings. The molecule has 0 spiro atoms. The highest BCUT2D eigenvalue weighted by atomic mass is 19.1. The number of nitrogens with one attached hydrogen (secondary N) is 1. The van der Waals surface area contributed by atoms with Gasteiger partial charge in [0.1, 0.15) is 24.2 Å². The standard InChI is InChI=1S/C33H27FN8O3/c1-45-26-12-10-22(11-13-26)19-37-33(44)31(23-14-16-35-17-15-23)42(25-18-24-6-2-5-9-29(24)36-20-25)30(43)21-41-39-32(38-40-41)27-7-3-4-8-28(27)34/h2-18,20,31H,19,21H2,1H3,(H,37,44)/t31-/m1/s1. The molecule has 0 unspecified atom stereocenters. The van der Waals surface area contributed by atoms with E-state index in [-0.39, 0.29) is 24.5 Å². The van der Waals surface area contributed by atoms with Gasteiger partial charge in [-0.1, -0.05) is 42.5 Å². The van der Waals surface area contributed by atoms with Crippen LogP contribution in [0.25, 0.3) is 22.3 Å². The van der Waals surface area contributed by atoms with Gasteiger partial charge in [0.15, 0.2) is 0 Å².